The van der Waals surface area contributed by atoms with Crippen LogP contribution in [-0.4, -0.2) is 55.0 Å². The van der Waals surface area contributed by atoms with Crippen molar-refractivity contribution in [2.24, 2.45) is 16.6 Å². The summed E-state index contributed by atoms with van der Waals surface area (Å²) < 4.78 is 0. The van der Waals surface area contributed by atoms with E-state index in [1.54, 1.807) is 0 Å². The Labute approximate surface area is 135 Å². The minimum atomic E-state index is 0. The van der Waals surface area contributed by atoms with Crippen LogP contribution in [0.15, 0.2) is 4.99 Å². The van der Waals surface area contributed by atoms with Gasteiger partial charge < -0.3 is 15.5 Å². The van der Waals surface area contributed by atoms with Crippen LogP contribution in [0.3, 0.4) is 0 Å². The zero-order chi connectivity index (χ0) is 13.4. The second-order valence-corrected chi connectivity index (χ2v) is 5.31. The van der Waals surface area contributed by atoms with Crippen LogP contribution in [-0.2, 0) is 0 Å². The van der Waals surface area contributed by atoms with Crippen LogP contribution in [0, 0.1) is 5.92 Å². The summed E-state index contributed by atoms with van der Waals surface area (Å²) in [5.41, 5.74) is 6.05. The van der Waals surface area contributed by atoms with E-state index in [1.807, 2.05) is 0 Å². The smallest absolute Gasteiger partial charge is 0.191 e. The summed E-state index contributed by atoms with van der Waals surface area (Å²) in [4.78, 5) is 9.18. The SMILES string of the molecule is CCN(CC)CCCN=C(N)N1CCCC(C)C1.I. The van der Waals surface area contributed by atoms with Gasteiger partial charge in [-0.1, -0.05) is 20.8 Å². The summed E-state index contributed by atoms with van der Waals surface area (Å²) in [5, 5.41) is 0. The standard InChI is InChI=1S/C14H30N4.HI/c1-4-17(5-2)10-7-9-16-14(15)18-11-6-8-13(3)12-18;/h13H,4-12H2,1-3H3,(H2,15,16);1H. The molecule has 0 radical (unpaired) electrons. The molecule has 0 amide bonds. The predicted octanol–water partition coefficient (Wildman–Crippen LogP) is 2.38. The Morgan fingerprint density at radius 3 is 2.63 bits per heavy atom. The first-order valence-electron chi connectivity index (χ1n) is 7.44. The third kappa shape index (κ3) is 7.34. The molecule has 5 heteroatoms. The van der Waals surface area contributed by atoms with Gasteiger partial charge >= 0.3 is 0 Å². The molecule has 0 aliphatic carbocycles. The fourth-order valence-electron chi connectivity index (χ4n) is 2.53. The molecule has 1 heterocycles. The van der Waals surface area contributed by atoms with Crippen LogP contribution in [0.2, 0.25) is 0 Å². The van der Waals surface area contributed by atoms with Gasteiger partial charge in [-0.15, -0.1) is 24.0 Å². The second-order valence-electron chi connectivity index (χ2n) is 5.31. The lowest BCUT2D eigenvalue weighted by molar-refractivity contribution is 0.269. The van der Waals surface area contributed by atoms with Gasteiger partial charge in [0.15, 0.2) is 5.96 Å². The number of aliphatic imine (C=N–C) groups is 1. The van der Waals surface area contributed by atoms with E-state index >= 15 is 0 Å². The Kier molecular flexibility index (Phi) is 10.7. The summed E-state index contributed by atoms with van der Waals surface area (Å²) in [7, 11) is 0. The van der Waals surface area contributed by atoms with Crippen LogP contribution < -0.4 is 5.73 Å². The predicted molar refractivity (Wildman–Crippen MR) is 94.3 cm³/mol. The molecular weight excluding hydrogens is 351 g/mol. The fraction of sp³-hybridized carbons (Fsp3) is 0.929. The summed E-state index contributed by atoms with van der Waals surface area (Å²) in [5.74, 6) is 1.50. The van der Waals surface area contributed by atoms with Gasteiger partial charge in [-0.25, -0.2) is 0 Å². The first-order valence-corrected chi connectivity index (χ1v) is 7.44. The molecule has 1 fully saturated rings. The first kappa shape index (κ1) is 19.0. The number of nitrogens with two attached hydrogens (primary N) is 1. The van der Waals surface area contributed by atoms with Crippen molar-refractivity contribution in [1.29, 1.82) is 0 Å². The van der Waals surface area contributed by atoms with Crippen molar-refractivity contribution in [2.45, 2.75) is 40.0 Å². The number of piperidine rings is 1. The molecule has 0 aromatic rings. The van der Waals surface area contributed by atoms with Crippen molar-refractivity contribution < 1.29 is 0 Å². The van der Waals surface area contributed by atoms with Crippen molar-refractivity contribution in [3.8, 4) is 0 Å². The molecule has 1 saturated heterocycles. The Morgan fingerprint density at radius 1 is 1.37 bits per heavy atom. The van der Waals surface area contributed by atoms with Crippen molar-refractivity contribution in [2.75, 3.05) is 39.3 Å². The molecule has 1 rings (SSSR count). The monoisotopic (exact) mass is 382 g/mol. The maximum atomic E-state index is 6.05. The Morgan fingerprint density at radius 2 is 2.05 bits per heavy atom. The lowest BCUT2D eigenvalue weighted by atomic mass is 10.0. The van der Waals surface area contributed by atoms with E-state index in [0.717, 1.165) is 57.6 Å². The average Bonchev–Trinajstić information content (AvgIpc) is 2.38. The van der Waals surface area contributed by atoms with E-state index in [-0.39, 0.29) is 24.0 Å². The van der Waals surface area contributed by atoms with Gasteiger partial charge in [-0.05, 0) is 44.8 Å². The Bertz CT molecular complexity index is 254. The van der Waals surface area contributed by atoms with Crippen LogP contribution in [0.25, 0.3) is 0 Å². The molecule has 0 aromatic heterocycles. The summed E-state index contributed by atoms with van der Waals surface area (Å²) in [6.07, 6.45) is 3.67. The van der Waals surface area contributed by atoms with Gasteiger partial charge in [0.2, 0.25) is 0 Å². The zero-order valence-electron chi connectivity index (χ0n) is 12.8. The van der Waals surface area contributed by atoms with E-state index in [1.165, 1.54) is 12.8 Å². The highest BCUT2D eigenvalue weighted by atomic mass is 127. The first-order chi connectivity index (χ1) is 8.67. The molecule has 1 atom stereocenters. The Balaban J connectivity index is 0.00000324. The quantitative estimate of drug-likeness (QED) is 0.332. The second kappa shape index (κ2) is 10.7. The number of rotatable bonds is 6. The largest absolute Gasteiger partial charge is 0.370 e. The highest BCUT2D eigenvalue weighted by Gasteiger charge is 2.17. The third-order valence-electron chi connectivity index (χ3n) is 3.78. The highest BCUT2D eigenvalue weighted by molar-refractivity contribution is 14.0. The number of hydrogen-bond donors (Lipinski definition) is 1. The molecule has 0 spiro atoms. The van der Waals surface area contributed by atoms with Crippen LogP contribution in [0.4, 0.5) is 0 Å². The third-order valence-corrected chi connectivity index (χ3v) is 3.78. The number of likely N-dealkylation sites (tertiary alicyclic amines) is 1. The van der Waals surface area contributed by atoms with Crippen LogP contribution in [0.1, 0.15) is 40.0 Å². The maximum Gasteiger partial charge on any atom is 0.191 e. The van der Waals surface area contributed by atoms with E-state index in [2.05, 4.69) is 35.6 Å². The summed E-state index contributed by atoms with van der Waals surface area (Å²) >= 11 is 0. The highest BCUT2D eigenvalue weighted by Crippen LogP contribution is 2.14. The van der Waals surface area contributed by atoms with Gasteiger partial charge in [-0.3, -0.25) is 4.99 Å². The van der Waals surface area contributed by atoms with Gasteiger partial charge in [0.25, 0.3) is 0 Å². The summed E-state index contributed by atoms with van der Waals surface area (Å²) in [6, 6.07) is 0. The fourth-order valence-corrected chi connectivity index (χ4v) is 2.53. The average molecular weight is 382 g/mol. The lowest BCUT2D eigenvalue weighted by Crippen LogP contribution is -2.43. The van der Waals surface area contributed by atoms with Crippen molar-refractivity contribution in [3.63, 3.8) is 0 Å². The molecule has 0 bridgehead atoms. The number of guanidine groups is 1. The van der Waals surface area contributed by atoms with Gasteiger partial charge in [0.1, 0.15) is 0 Å². The van der Waals surface area contributed by atoms with Gasteiger partial charge in [0.05, 0.1) is 0 Å². The lowest BCUT2D eigenvalue weighted by Gasteiger charge is -2.31. The van der Waals surface area contributed by atoms with Crippen molar-refractivity contribution >= 4 is 29.9 Å². The molecule has 1 aliphatic rings. The van der Waals surface area contributed by atoms with E-state index in [4.69, 9.17) is 5.73 Å². The van der Waals surface area contributed by atoms with Crippen molar-refractivity contribution in [3.05, 3.63) is 0 Å². The topological polar surface area (TPSA) is 44.9 Å². The van der Waals surface area contributed by atoms with Crippen LogP contribution in [0.5, 0.6) is 0 Å². The normalized spacial score (nSPS) is 20.5. The van der Waals surface area contributed by atoms with E-state index in [0.29, 0.717) is 0 Å². The number of hydrogen-bond acceptors (Lipinski definition) is 2. The van der Waals surface area contributed by atoms with E-state index in [9.17, 15) is 0 Å². The maximum absolute atomic E-state index is 6.05. The van der Waals surface area contributed by atoms with Crippen LogP contribution >= 0.6 is 24.0 Å². The number of halogens is 1. The summed E-state index contributed by atoms with van der Waals surface area (Å²) in [6.45, 7) is 13.1. The van der Waals surface area contributed by atoms with Gasteiger partial charge in [-0.2, -0.15) is 0 Å². The molecule has 1 unspecified atom stereocenters. The molecule has 1 aliphatic heterocycles. The minimum Gasteiger partial charge on any atom is -0.370 e. The molecular formula is C14H31IN4. The molecule has 0 saturated carbocycles. The number of nitrogens with zero attached hydrogens (tertiary/aromatic N) is 3. The molecule has 2 N–H and O–H groups in total. The van der Waals surface area contributed by atoms with E-state index < -0.39 is 0 Å². The molecule has 114 valence electrons. The molecule has 4 nitrogen and oxygen atoms in total. The molecule has 19 heavy (non-hydrogen) atoms. The van der Waals surface area contributed by atoms with Gasteiger partial charge in [0, 0.05) is 19.6 Å². The van der Waals surface area contributed by atoms with Crippen molar-refractivity contribution in [1.82, 2.24) is 9.80 Å². The zero-order valence-corrected chi connectivity index (χ0v) is 15.1. The Hall–Kier alpha value is -0.0400. The minimum absolute atomic E-state index is 0. The molecule has 0 aromatic carbocycles.